The zero-order chi connectivity index (χ0) is 15.5. The predicted octanol–water partition coefficient (Wildman–Crippen LogP) is 2.25. The molecular formula is C16H25NO3S. The van der Waals surface area contributed by atoms with Gasteiger partial charge in [-0.3, -0.25) is 0 Å². The van der Waals surface area contributed by atoms with E-state index >= 15 is 0 Å². The molecule has 1 aliphatic carbocycles. The maximum atomic E-state index is 12.4. The second kappa shape index (κ2) is 6.46. The number of sulfonamides is 1. The highest BCUT2D eigenvalue weighted by molar-refractivity contribution is 7.89. The van der Waals surface area contributed by atoms with Crippen molar-refractivity contribution in [1.82, 2.24) is 4.72 Å². The first-order valence-corrected chi connectivity index (χ1v) is 9.05. The monoisotopic (exact) mass is 311 g/mol. The first-order valence-electron chi connectivity index (χ1n) is 7.56. The molecule has 5 heteroatoms. The Morgan fingerprint density at radius 1 is 1.24 bits per heavy atom. The van der Waals surface area contributed by atoms with E-state index in [0.29, 0.717) is 17.9 Å². The van der Waals surface area contributed by atoms with Crippen LogP contribution in [-0.2, 0) is 22.9 Å². The van der Waals surface area contributed by atoms with E-state index in [1.807, 2.05) is 26.0 Å². The smallest absolute Gasteiger partial charge is 0.240 e. The number of aryl methyl sites for hydroxylation is 2. The van der Waals surface area contributed by atoms with Crippen LogP contribution in [0.5, 0.6) is 0 Å². The molecule has 0 saturated carbocycles. The molecule has 2 N–H and O–H groups in total. The Balaban J connectivity index is 2.05. The molecule has 118 valence electrons. The largest absolute Gasteiger partial charge is 0.396 e. The van der Waals surface area contributed by atoms with Crippen molar-refractivity contribution in [2.45, 2.75) is 50.8 Å². The molecule has 0 amide bonds. The standard InChI is InChI=1S/C16H25NO3S/c1-16(2,9-4-10-18)12-17-21(19,20)15-8-7-13-5-3-6-14(13)11-15/h7-8,11,17-18H,3-6,9-10,12H2,1-2H3. The highest BCUT2D eigenvalue weighted by Crippen LogP contribution is 2.26. The van der Waals surface area contributed by atoms with Crippen LogP contribution in [0.4, 0.5) is 0 Å². The Hall–Kier alpha value is -0.910. The van der Waals surface area contributed by atoms with E-state index < -0.39 is 10.0 Å². The van der Waals surface area contributed by atoms with Gasteiger partial charge in [-0.2, -0.15) is 0 Å². The number of hydrogen-bond donors (Lipinski definition) is 2. The Kier molecular flexibility index (Phi) is 5.07. The molecule has 0 fully saturated rings. The third-order valence-electron chi connectivity index (χ3n) is 4.13. The zero-order valence-electron chi connectivity index (χ0n) is 12.9. The second-order valence-corrected chi connectivity index (χ2v) is 8.37. The first-order chi connectivity index (χ1) is 9.84. The minimum absolute atomic E-state index is 0.140. The van der Waals surface area contributed by atoms with Crippen LogP contribution >= 0.6 is 0 Å². The fourth-order valence-electron chi connectivity index (χ4n) is 2.74. The lowest BCUT2D eigenvalue weighted by Gasteiger charge is -2.24. The van der Waals surface area contributed by atoms with Gasteiger partial charge in [-0.1, -0.05) is 19.9 Å². The van der Waals surface area contributed by atoms with Crippen LogP contribution in [0, 0.1) is 5.41 Å². The average Bonchev–Trinajstić information content (AvgIpc) is 2.91. The lowest BCUT2D eigenvalue weighted by molar-refractivity contribution is 0.242. The maximum absolute atomic E-state index is 12.4. The fraction of sp³-hybridized carbons (Fsp3) is 0.625. The van der Waals surface area contributed by atoms with Crippen LogP contribution in [0.1, 0.15) is 44.2 Å². The normalized spacial score (nSPS) is 15.2. The quantitative estimate of drug-likeness (QED) is 0.811. The van der Waals surface area contributed by atoms with E-state index in [-0.39, 0.29) is 12.0 Å². The molecule has 2 rings (SSSR count). The molecule has 0 radical (unpaired) electrons. The summed E-state index contributed by atoms with van der Waals surface area (Å²) in [5.74, 6) is 0. The third kappa shape index (κ3) is 4.28. The number of benzene rings is 1. The van der Waals surface area contributed by atoms with Gasteiger partial charge >= 0.3 is 0 Å². The molecule has 0 spiro atoms. The number of aliphatic hydroxyl groups is 1. The molecule has 1 aromatic carbocycles. The lowest BCUT2D eigenvalue weighted by atomic mass is 9.88. The molecular weight excluding hydrogens is 286 g/mol. The van der Waals surface area contributed by atoms with Crippen molar-refractivity contribution in [3.8, 4) is 0 Å². The molecule has 0 saturated heterocycles. The summed E-state index contributed by atoms with van der Waals surface area (Å²) >= 11 is 0. The van der Waals surface area contributed by atoms with Crippen LogP contribution < -0.4 is 4.72 Å². The van der Waals surface area contributed by atoms with Crippen molar-refractivity contribution in [1.29, 1.82) is 0 Å². The van der Waals surface area contributed by atoms with Gasteiger partial charge in [0.25, 0.3) is 0 Å². The molecule has 0 bridgehead atoms. The number of hydrogen-bond acceptors (Lipinski definition) is 3. The molecule has 1 aromatic rings. The summed E-state index contributed by atoms with van der Waals surface area (Å²) in [6.45, 7) is 4.54. The van der Waals surface area contributed by atoms with Crippen molar-refractivity contribution in [3.63, 3.8) is 0 Å². The van der Waals surface area contributed by atoms with E-state index in [4.69, 9.17) is 5.11 Å². The van der Waals surface area contributed by atoms with E-state index in [0.717, 1.165) is 31.2 Å². The van der Waals surface area contributed by atoms with Gasteiger partial charge < -0.3 is 5.11 Å². The van der Waals surface area contributed by atoms with Crippen LogP contribution in [0.25, 0.3) is 0 Å². The molecule has 1 aliphatic rings. The van der Waals surface area contributed by atoms with Gasteiger partial charge in [-0.05, 0) is 60.8 Å². The summed E-state index contributed by atoms with van der Waals surface area (Å²) in [6, 6.07) is 5.45. The molecule has 4 nitrogen and oxygen atoms in total. The topological polar surface area (TPSA) is 66.4 Å². The highest BCUT2D eigenvalue weighted by atomic mass is 32.2. The van der Waals surface area contributed by atoms with Gasteiger partial charge in [0, 0.05) is 13.2 Å². The number of rotatable bonds is 7. The van der Waals surface area contributed by atoms with E-state index in [1.54, 1.807) is 6.07 Å². The van der Waals surface area contributed by atoms with Gasteiger partial charge in [0.2, 0.25) is 10.0 Å². The van der Waals surface area contributed by atoms with Crippen molar-refractivity contribution in [2.75, 3.05) is 13.2 Å². The molecule has 0 aromatic heterocycles. The van der Waals surface area contributed by atoms with Crippen molar-refractivity contribution in [3.05, 3.63) is 29.3 Å². The van der Waals surface area contributed by atoms with E-state index in [9.17, 15) is 8.42 Å². The Morgan fingerprint density at radius 3 is 2.67 bits per heavy atom. The minimum Gasteiger partial charge on any atom is -0.396 e. The van der Waals surface area contributed by atoms with Gasteiger partial charge in [0.1, 0.15) is 0 Å². The van der Waals surface area contributed by atoms with Crippen LogP contribution in [-0.4, -0.2) is 26.7 Å². The molecule has 0 heterocycles. The van der Waals surface area contributed by atoms with E-state index in [1.165, 1.54) is 5.56 Å². The Morgan fingerprint density at radius 2 is 1.95 bits per heavy atom. The van der Waals surface area contributed by atoms with Crippen molar-refractivity contribution < 1.29 is 13.5 Å². The van der Waals surface area contributed by atoms with Gasteiger partial charge in [-0.25, -0.2) is 13.1 Å². The summed E-state index contributed by atoms with van der Waals surface area (Å²) in [6.07, 6.45) is 4.61. The van der Waals surface area contributed by atoms with Crippen LogP contribution in [0.2, 0.25) is 0 Å². The Bertz CT molecular complexity index is 594. The minimum atomic E-state index is -3.45. The second-order valence-electron chi connectivity index (χ2n) is 6.60. The molecule has 21 heavy (non-hydrogen) atoms. The lowest BCUT2D eigenvalue weighted by Crippen LogP contribution is -2.34. The zero-order valence-corrected chi connectivity index (χ0v) is 13.7. The van der Waals surface area contributed by atoms with E-state index in [2.05, 4.69) is 4.72 Å². The summed E-state index contributed by atoms with van der Waals surface area (Å²) in [5, 5.41) is 8.89. The van der Waals surface area contributed by atoms with Gasteiger partial charge in [-0.15, -0.1) is 0 Å². The van der Waals surface area contributed by atoms with Gasteiger partial charge in [0.15, 0.2) is 0 Å². The SMILES string of the molecule is CC(C)(CCCO)CNS(=O)(=O)c1ccc2c(c1)CCC2. The number of aliphatic hydroxyl groups excluding tert-OH is 1. The average molecular weight is 311 g/mol. The first kappa shape index (κ1) is 16.5. The fourth-order valence-corrected chi connectivity index (χ4v) is 4.03. The summed E-state index contributed by atoms with van der Waals surface area (Å²) in [4.78, 5) is 0.362. The Labute approximate surface area is 127 Å². The number of nitrogens with one attached hydrogen (secondary N) is 1. The van der Waals surface area contributed by atoms with Gasteiger partial charge in [0.05, 0.1) is 4.90 Å². The maximum Gasteiger partial charge on any atom is 0.240 e. The highest BCUT2D eigenvalue weighted by Gasteiger charge is 2.23. The number of fused-ring (bicyclic) bond motifs is 1. The third-order valence-corrected chi connectivity index (χ3v) is 5.53. The molecule has 0 aliphatic heterocycles. The summed E-state index contributed by atoms with van der Waals surface area (Å²) in [5.41, 5.74) is 2.28. The van der Waals surface area contributed by atoms with Crippen LogP contribution in [0.3, 0.4) is 0 Å². The molecule has 0 unspecified atom stereocenters. The summed E-state index contributed by atoms with van der Waals surface area (Å²) in [7, 11) is -3.45. The molecule has 0 atom stereocenters. The van der Waals surface area contributed by atoms with Crippen LogP contribution in [0.15, 0.2) is 23.1 Å². The summed E-state index contributed by atoms with van der Waals surface area (Å²) < 4.78 is 27.5. The van der Waals surface area contributed by atoms with Crippen molar-refractivity contribution in [2.24, 2.45) is 5.41 Å². The predicted molar refractivity (Wildman–Crippen MR) is 83.8 cm³/mol. The van der Waals surface area contributed by atoms with Crippen molar-refractivity contribution >= 4 is 10.0 Å².